The molecule has 4 aromatic rings. The van der Waals surface area contributed by atoms with Crippen LogP contribution in [0, 0.1) is 12.7 Å². The molecular weight excluding hydrogens is 423 g/mol. The van der Waals surface area contributed by atoms with Gasteiger partial charge in [0, 0.05) is 37.4 Å². The van der Waals surface area contributed by atoms with Crippen LogP contribution < -0.4 is 14.2 Å². The Kier molecular flexibility index (Phi) is 3.92. The fourth-order valence-electron chi connectivity index (χ4n) is 3.56. The van der Waals surface area contributed by atoms with Crippen molar-refractivity contribution in [1.29, 1.82) is 0 Å². The second-order valence-corrected chi connectivity index (χ2v) is 7.38. The second kappa shape index (κ2) is 9.23. The number of hydrogen-bond acceptors (Lipinski definition) is 6. The van der Waals surface area contributed by atoms with Gasteiger partial charge in [0.15, 0.2) is 23.1 Å². The van der Waals surface area contributed by atoms with Gasteiger partial charge in [-0.1, -0.05) is 0 Å². The number of aryl methyl sites for hydroxylation is 1. The Morgan fingerprint density at radius 2 is 1.97 bits per heavy atom. The topological polar surface area (TPSA) is 72.5 Å². The summed E-state index contributed by atoms with van der Waals surface area (Å²) in [5, 5.41) is 0.675. The molecule has 1 aliphatic heterocycles. The van der Waals surface area contributed by atoms with Crippen molar-refractivity contribution in [3.05, 3.63) is 48.2 Å². The van der Waals surface area contributed by atoms with Crippen molar-refractivity contribution in [2.24, 2.45) is 0 Å². The summed E-state index contributed by atoms with van der Waals surface area (Å²) in [6.07, 6.45) is -4.27. The van der Waals surface area contributed by atoms with Crippen LogP contribution in [0.3, 0.4) is 0 Å². The quantitative estimate of drug-likeness (QED) is 0.390. The Hall–Kier alpha value is -3.39. The van der Waals surface area contributed by atoms with Gasteiger partial charge in [0.05, 0.1) is 27.3 Å². The number of benzene rings is 2. The zero-order valence-electron chi connectivity index (χ0n) is 26.0. The van der Waals surface area contributed by atoms with Crippen molar-refractivity contribution in [3.8, 4) is 23.1 Å². The summed E-state index contributed by atoms with van der Waals surface area (Å²) in [6.45, 7) is -4.33. The molecule has 2 aromatic heterocycles. The molecule has 1 N–H and O–H groups in total. The highest BCUT2D eigenvalue weighted by molar-refractivity contribution is 5.87. The number of likely N-dealkylation sites (tertiary alicyclic amines) is 1. The van der Waals surface area contributed by atoms with E-state index in [4.69, 9.17) is 25.2 Å². The highest BCUT2D eigenvalue weighted by Gasteiger charge is 2.17. The first kappa shape index (κ1) is 14.0. The molecule has 2 aromatic carbocycles. The Labute approximate surface area is 202 Å². The van der Waals surface area contributed by atoms with E-state index >= 15 is 4.39 Å². The summed E-state index contributed by atoms with van der Waals surface area (Å²) < 4.78 is 96.9. The summed E-state index contributed by atoms with van der Waals surface area (Å²) in [5.41, 5.74) is 1.66. The summed E-state index contributed by atoms with van der Waals surface area (Å²) in [4.78, 5) is 12.3. The van der Waals surface area contributed by atoms with Crippen molar-refractivity contribution >= 4 is 21.8 Å². The molecule has 7 nitrogen and oxygen atoms in total. The number of rotatable bonds is 8. The van der Waals surface area contributed by atoms with Gasteiger partial charge in [-0.05, 0) is 63.4 Å². The molecule has 172 valence electrons. The van der Waals surface area contributed by atoms with E-state index in [1.165, 1.54) is 31.6 Å². The van der Waals surface area contributed by atoms with E-state index in [9.17, 15) is 0 Å². The number of hydrogen-bond donors (Lipinski definition) is 1. The number of fused-ring (bicyclic) bond motifs is 2. The standard InChI is InChI=1S/C25H27FN4O3/c1-16-12-17-19(29-16)6-7-21(24(17)26)33-25-18-13-22(31-2)23(14-20(18)27-15-28-25)32-11-5-10-30-8-3-4-9-30/h6-7,12-15,29H,3-5,8-11H2,1-2H3/i3D2,4D2,10D2,11D2. The van der Waals surface area contributed by atoms with Crippen molar-refractivity contribution in [2.45, 2.75) is 26.1 Å². The van der Waals surface area contributed by atoms with Crippen molar-refractivity contribution < 1.29 is 29.6 Å². The van der Waals surface area contributed by atoms with E-state index in [-0.39, 0.29) is 28.6 Å². The predicted octanol–water partition coefficient (Wildman–Crippen LogP) is 5.22. The van der Waals surface area contributed by atoms with Crippen LogP contribution in [0.2, 0.25) is 0 Å². The molecule has 0 radical (unpaired) electrons. The third-order valence-corrected chi connectivity index (χ3v) is 5.15. The lowest BCUT2D eigenvalue weighted by atomic mass is 10.2. The number of nitrogens with zero attached hydrogens (tertiary/aromatic N) is 3. The highest BCUT2D eigenvalue weighted by Crippen LogP contribution is 2.37. The summed E-state index contributed by atoms with van der Waals surface area (Å²) >= 11 is 0. The van der Waals surface area contributed by atoms with Gasteiger partial charge in [-0.3, -0.25) is 0 Å². The van der Waals surface area contributed by atoms with Gasteiger partial charge >= 0.3 is 0 Å². The lowest BCUT2D eigenvalue weighted by molar-refractivity contribution is 0.254. The maximum atomic E-state index is 15.1. The average Bonchev–Trinajstić information content (AvgIpc) is 3.35. The molecule has 1 fully saturated rings. The van der Waals surface area contributed by atoms with Crippen LogP contribution in [0.25, 0.3) is 21.8 Å². The number of ether oxygens (including phenoxy) is 3. The third-order valence-electron chi connectivity index (χ3n) is 5.15. The average molecular weight is 459 g/mol. The Morgan fingerprint density at radius 1 is 1.12 bits per heavy atom. The van der Waals surface area contributed by atoms with Crippen molar-refractivity contribution in [3.63, 3.8) is 0 Å². The van der Waals surface area contributed by atoms with Gasteiger partial charge in [0.2, 0.25) is 5.88 Å². The van der Waals surface area contributed by atoms with Crippen LogP contribution in [0.1, 0.15) is 35.8 Å². The maximum Gasteiger partial charge on any atom is 0.230 e. The molecule has 0 unspecified atom stereocenters. The summed E-state index contributed by atoms with van der Waals surface area (Å²) in [7, 11) is 1.32. The smallest absolute Gasteiger partial charge is 0.230 e. The minimum Gasteiger partial charge on any atom is -0.493 e. The number of nitrogens with one attached hydrogen (secondary N) is 1. The normalized spacial score (nSPS) is 21.8. The van der Waals surface area contributed by atoms with Crippen LogP contribution in [0.15, 0.2) is 36.7 Å². The van der Waals surface area contributed by atoms with Gasteiger partial charge < -0.3 is 24.1 Å². The number of aromatic nitrogens is 3. The molecule has 0 spiro atoms. The van der Waals surface area contributed by atoms with E-state index in [2.05, 4.69) is 15.0 Å². The number of H-pyrrole nitrogens is 1. The first-order chi connectivity index (χ1) is 19.0. The maximum absolute atomic E-state index is 15.1. The largest absolute Gasteiger partial charge is 0.493 e. The molecule has 0 amide bonds. The van der Waals surface area contributed by atoms with E-state index in [1.807, 2.05) is 6.92 Å². The van der Waals surface area contributed by atoms with Crippen LogP contribution in [-0.4, -0.2) is 53.1 Å². The molecule has 8 heteroatoms. The molecule has 3 heterocycles. The zero-order chi connectivity index (χ0) is 30.0. The lowest BCUT2D eigenvalue weighted by Gasteiger charge is -2.16. The zero-order valence-corrected chi connectivity index (χ0v) is 18.0. The van der Waals surface area contributed by atoms with Gasteiger partial charge in [-0.2, -0.15) is 0 Å². The Balaban J connectivity index is 1.41. The van der Waals surface area contributed by atoms with E-state index in [0.717, 1.165) is 10.6 Å². The highest BCUT2D eigenvalue weighted by atomic mass is 19.1. The SMILES string of the molecule is [2H]C([2H])(CC([2H])([2H])N1CC([2H])([2H])C([2H])([2H])C1)Oc1cc2ncnc(Oc3ccc4[nH]c(C)cc4c3F)c2cc1OC. The molecule has 1 saturated heterocycles. The van der Waals surface area contributed by atoms with Gasteiger partial charge in [-0.25, -0.2) is 14.4 Å². The minimum absolute atomic E-state index is 0.0160. The first-order valence-electron chi connectivity index (χ1n) is 14.2. The molecule has 5 rings (SSSR count). The molecule has 33 heavy (non-hydrogen) atoms. The molecule has 0 bridgehead atoms. The molecule has 0 aliphatic carbocycles. The summed E-state index contributed by atoms with van der Waals surface area (Å²) in [5.74, 6) is -0.681. The number of aromatic amines is 1. The van der Waals surface area contributed by atoms with Gasteiger partial charge in [0.1, 0.15) is 6.33 Å². The Bertz CT molecular complexity index is 1620. The molecule has 0 saturated carbocycles. The number of methoxy groups -OCH3 is 1. The minimum atomic E-state index is -2.62. The first-order valence-corrected chi connectivity index (χ1v) is 10.2. The predicted molar refractivity (Wildman–Crippen MR) is 125 cm³/mol. The van der Waals surface area contributed by atoms with Crippen LogP contribution in [0.4, 0.5) is 4.39 Å². The summed E-state index contributed by atoms with van der Waals surface area (Å²) in [6, 6.07) is 7.61. The third kappa shape index (κ3) is 4.43. The van der Waals surface area contributed by atoms with E-state index in [0.29, 0.717) is 16.3 Å². The monoisotopic (exact) mass is 458 g/mol. The molecule has 0 atom stereocenters. The van der Waals surface area contributed by atoms with Crippen LogP contribution in [0.5, 0.6) is 23.1 Å². The van der Waals surface area contributed by atoms with Gasteiger partial charge in [0.25, 0.3) is 0 Å². The fourth-order valence-corrected chi connectivity index (χ4v) is 3.56. The van der Waals surface area contributed by atoms with Gasteiger partial charge in [-0.15, -0.1) is 0 Å². The van der Waals surface area contributed by atoms with E-state index < -0.39 is 51.1 Å². The lowest BCUT2D eigenvalue weighted by Crippen LogP contribution is -2.21. The fraction of sp³-hybridized carbons (Fsp3) is 0.360. The van der Waals surface area contributed by atoms with Crippen molar-refractivity contribution in [1.82, 2.24) is 19.9 Å². The molecular formula is C25H27FN4O3. The second-order valence-electron chi connectivity index (χ2n) is 7.38. The van der Waals surface area contributed by atoms with Crippen molar-refractivity contribution in [2.75, 3.05) is 33.3 Å². The number of halogens is 1. The van der Waals surface area contributed by atoms with Crippen LogP contribution in [-0.2, 0) is 0 Å². The molecule has 1 aliphatic rings. The van der Waals surface area contributed by atoms with Crippen LogP contribution >= 0.6 is 0 Å². The van der Waals surface area contributed by atoms with E-state index in [1.54, 1.807) is 12.1 Å². The Morgan fingerprint density at radius 3 is 2.79 bits per heavy atom.